The zero-order valence-corrected chi connectivity index (χ0v) is 14.2. The smallest absolute Gasteiger partial charge is 0.129 e. The Kier molecular flexibility index (Phi) is 4.84. The van der Waals surface area contributed by atoms with E-state index in [1.54, 1.807) is 6.07 Å². The third-order valence-electron chi connectivity index (χ3n) is 4.25. The van der Waals surface area contributed by atoms with Crippen molar-refractivity contribution < 1.29 is 4.39 Å². The number of hydrogen-bond acceptors (Lipinski definition) is 1. The van der Waals surface area contributed by atoms with Gasteiger partial charge in [0, 0.05) is 10.0 Å². The van der Waals surface area contributed by atoms with Gasteiger partial charge in [-0.15, -0.1) is 0 Å². The second kappa shape index (κ2) is 6.29. The fourth-order valence-electron chi connectivity index (χ4n) is 2.32. The summed E-state index contributed by atoms with van der Waals surface area (Å²) in [6.45, 7) is 6.61. The Balaban J connectivity index is 2.35. The largest absolute Gasteiger partial charge is 0.320 e. The number of rotatable bonds is 4. The highest BCUT2D eigenvalue weighted by molar-refractivity contribution is 9.10. The van der Waals surface area contributed by atoms with Crippen molar-refractivity contribution in [3.8, 4) is 0 Å². The van der Waals surface area contributed by atoms with E-state index in [1.807, 2.05) is 18.2 Å². The molecule has 21 heavy (non-hydrogen) atoms. The lowest BCUT2D eigenvalue weighted by atomic mass is 9.81. The molecule has 1 unspecified atom stereocenters. The van der Waals surface area contributed by atoms with E-state index >= 15 is 0 Å². The molecule has 0 fully saturated rings. The minimum Gasteiger partial charge on any atom is -0.320 e. The van der Waals surface area contributed by atoms with Crippen LogP contribution in [-0.2, 0) is 5.41 Å². The van der Waals surface area contributed by atoms with E-state index in [4.69, 9.17) is 5.73 Å². The number of benzene rings is 2. The van der Waals surface area contributed by atoms with Gasteiger partial charge in [0.15, 0.2) is 0 Å². The molecule has 2 N–H and O–H groups in total. The predicted molar refractivity (Wildman–Crippen MR) is 89.9 cm³/mol. The van der Waals surface area contributed by atoms with Crippen LogP contribution >= 0.6 is 15.9 Å². The molecule has 2 aromatic carbocycles. The lowest BCUT2D eigenvalue weighted by molar-refractivity contribution is 0.506. The number of hydrogen-bond donors (Lipinski definition) is 1. The van der Waals surface area contributed by atoms with Gasteiger partial charge < -0.3 is 5.73 Å². The summed E-state index contributed by atoms with van der Waals surface area (Å²) in [5, 5.41) is 0. The van der Waals surface area contributed by atoms with Crippen molar-refractivity contribution in [1.29, 1.82) is 0 Å². The molecule has 0 saturated heterocycles. The van der Waals surface area contributed by atoms with Crippen molar-refractivity contribution in [3.63, 3.8) is 0 Å². The quantitative estimate of drug-likeness (QED) is 0.793. The van der Waals surface area contributed by atoms with E-state index in [1.165, 1.54) is 11.6 Å². The van der Waals surface area contributed by atoms with Gasteiger partial charge in [0.2, 0.25) is 0 Å². The molecule has 1 nitrogen and oxygen atoms in total. The Morgan fingerprint density at radius 3 is 2.29 bits per heavy atom. The Hall–Kier alpha value is -1.19. The summed E-state index contributed by atoms with van der Waals surface area (Å²) in [4.78, 5) is 0. The van der Waals surface area contributed by atoms with Gasteiger partial charge in [0.1, 0.15) is 5.82 Å². The van der Waals surface area contributed by atoms with Gasteiger partial charge in [-0.05, 0) is 35.1 Å². The lowest BCUT2D eigenvalue weighted by Gasteiger charge is -2.24. The van der Waals surface area contributed by atoms with E-state index < -0.39 is 6.04 Å². The lowest BCUT2D eigenvalue weighted by Crippen LogP contribution is -2.17. The standard InChI is InChI=1S/C18H21BrFN/c1-4-18(2,3)13-10-8-12(9-11-13)17(21)16-14(19)6-5-7-15(16)20/h5-11,17H,4,21H2,1-3H3. The molecule has 0 aliphatic carbocycles. The van der Waals surface area contributed by atoms with Crippen LogP contribution in [0.25, 0.3) is 0 Å². The molecule has 3 heteroatoms. The van der Waals surface area contributed by atoms with Gasteiger partial charge in [-0.25, -0.2) is 4.39 Å². The SMILES string of the molecule is CCC(C)(C)c1ccc(C(N)c2c(F)cccc2Br)cc1. The highest BCUT2D eigenvalue weighted by Gasteiger charge is 2.20. The van der Waals surface area contributed by atoms with Crippen LogP contribution in [0.5, 0.6) is 0 Å². The van der Waals surface area contributed by atoms with Crippen molar-refractivity contribution in [2.75, 3.05) is 0 Å². The molecular formula is C18H21BrFN. The van der Waals surface area contributed by atoms with E-state index in [2.05, 4.69) is 48.8 Å². The highest BCUT2D eigenvalue weighted by Crippen LogP contribution is 2.31. The first-order valence-corrected chi connectivity index (χ1v) is 7.96. The first-order chi connectivity index (χ1) is 9.86. The predicted octanol–water partition coefficient (Wildman–Crippen LogP) is 5.32. The Morgan fingerprint density at radius 1 is 1.14 bits per heavy atom. The summed E-state index contributed by atoms with van der Waals surface area (Å²) in [5.74, 6) is -0.283. The van der Waals surface area contributed by atoms with Crippen LogP contribution in [0.1, 0.15) is 49.9 Å². The second-order valence-electron chi connectivity index (χ2n) is 5.97. The minimum absolute atomic E-state index is 0.140. The Morgan fingerprint density at radius 2 is 1.76 bits per heavy atom. The van der Waals surface area contributed by atoms with Crippen LogP contribution < -0.4 is 5.73 Å². The first-order valence-electron chi connectivity index (χ1n) is 7.16. The maximum atomic E-state index is 14.0. The van der Waals surface area contributed by atoms with Crippen molar-refractivity contribution in [2.24, 2.45) is 5.73 Å². The minimum atomic E-state index is -0.473. The molecular weight excluding hydrogens is 329 g/mol. The summed E-state index contributed by atoms with van der Waals surface area (Å²) in [6, 6.07) is 12.6. The van der Waals surface area contributed by atoms with Crippen molar-refractivity contribution in [3.05, 3.63) is 69.4 Å². The molecule has 0 radical (unpaired) electrons. The maximum absolute atomic E-state index is 14.0. The average Bonchev–Trinajstić information content (AvgIpc) is 2.47. The fraction of sp³-hybridized carbons (Fsp3) is 0.333. The summed E-state index contributed by atoms with van der Waals surface area (Å²) in [5.41, 5.74) is 9.06. The van der Waals surface area contributed by atoms with Gasteiger partial charge in [-0.1, -0.05) is 67.0 Å². The van der Waals surface area contributed by atoms with Crippen LogP contribution in [0, 0.1) is 5.82 Å². The van der Waals surface area contributed by atoms with E-state index in [9.17, 15) is 4.39 Å². The molecule has 0 saturated carbocycles. The normalized spacial score (nSPS) is 13.2. The summed E-state index contributed by atoms with van der Waals surface area (Å²) >= 11 is 3.38. The molecule has 0 bridgehead atoms. The topological polar surface area (TPSA) is 26.0 Å². The van der Waals surface area contributed by atoms with Crippen LogP contribution in [0.4, 0.5) is 4.39 Å². The van der Waals surface area contributed by atoms with Crippen LogP contribution in [0.3, 0.4) is 0 Å². The molecule has 0 aromatic heterocycles. The number of nitrogens with two attached hydrogens (primary N) is 1. The van der Waals surface area contributed by atoms with Crippen LogP contribution in [0.2, 0.25) is 0 Å². The Bertz CT molecular complexity index is 599. The van der Waals surface area contributed by atoms with Gasteiger partial charge >= 0.3 is 0 Å². The molecule has 0 heterocycles. The third kappa shape index (κ3) is 3.35. The molecule has 2 aromatic rings. The maximum Gasteiger partial charge on any atom is 0.129 e. The van der Waals surface area contributed by atoms with E-state index in [-0.39, 0.29) is 11.2 Å². The Labute approximate surface area is 134 Å². The van der Waals surface area contributed by atoms with Crippen LogP contribution in [-0.4, -0.2) is 0 Å². The average molecular weight is 350 g/mol. The highest BCUT2D eigenvalue weighted by atomic mass is 79.9. The summed E-state index contributed by atoms with van der Waals surface area (Å²) in [7, 11) is 0. The van der Waals surface area contributed by atoms with E-state index in [0.29, 0.717) is 10.0 Å². The molecule has 0 aliphatic heterocycles. The van der Waals surface area contributed by atoms with Gasteiger partial charge in [-0.3, -0.25) is 0 Å². The zero-order chi connectivity index (χ0) is 15.6. The fourth-order valence-corrected chi connectivity index (χ4v) is 2.91. The van der Waals surface area contributed by atoms with Gasteiger partial charge in [0.25, 0.3) is 0 Å². The van der Waals surface area contributed by atoms with E-state index in [0.717, 1.165) is 12.0 Å². The van der Waals surface area contributed by atoms with Gasteiger partial charge in [-0.2, -0.15) is 0 Å². The van der Waals surface area contributed by atoms with Crippen molar-refractivity contribution >= 4 is 15.9 Å². The second-order valence-corrected chi connectivity index (χ2v) is 6.83. The molecule has 0 spiro atoms. The first kappa shape index (κ1) is 16.2. The van der Waals surface area contributed by atoms with Crippen molar-refractivity contribution in [1.82, 2.24) is 0 Å². The van der Waals surface area contributed by atoms with Crippen molar-refractivity contribution in [2.45, 2.75) is 38.6 Å². The van der Waals surface area contributed by atoms with Gasteiger partial charge in [0.05, 0.1) is 6.04 Å². The summed E-state index contributed by atoms with van der Waals surface area (Å²) < 4.78 is 14.7. The molecule has 112 valence electrons. The third-order valence-corrected chi connectivity index (χ3v) is 4.94. The van der Waals surface area contributed by atoms with Crippen LogP contribution in [0.15, 0.2) is 46.9 Å². The zero-order valence-electron chi connectivity index (χ0n) is 12.7. The monoisotopic (exact) mass is 349 g/mol. The molecule has 2 rings (SSSR count). The molecule has 1 atom stereocenters. The molecule has 0 amide bonds. The number of halogens is 2. The molecule has 0 aliphatic rings. The summed E-state index contributed by atoms with van der Waals surface area (Å²) in [6.07, 6.45) is 1.07.